The van der Waals surface area contributed by atoms with E-state index in [9.17, 15) is 31.9 Å². The highest BCUT2D eigenvalue weighted by molar-refractivity contribution is 6.05. The number of fused-ring (bicyclic) bond motifs is 1. The van der Waals surface area contributed by atoms with E-state index in [-0.39, 0.29) is 24.2 Å². The molecule has 0 saturated heterocycles. The van der Waals surface area contributed by atoms with Crippen molar-refractivity contribution in [3.05, 3.63) is 125 Å². The zero-order valence-electron chi connectivity index (χ0n) is 24.4. The van der Waals surface area contributed by atoms with Crippen LogP contribution in [0, 0.1) is 5.82 Å². The lowest BCUT2D eigenvalue weighted by atomic mass is 9.80. The Bertz CT molecular complexity index is 1770. The first-order valence-electron chi connectivity index (χ1n) is 14.1. The molecule has 4 aromatic rings. The molecule has 0 saturated carbocycles. The Morgan fingerprint density at radius 2 is 1.69 bits per heavy atom. The number of nitrogens with one attached hydrogen (secondary N) is 2. The first-order valence-corrected chi connectivity index (χ1v) is 14.1. The predicted octanol–water partition coefficient (Wildman–Crippen LogP) is 5.52. The van der Waals surface area contributed by atoms with Gasteiger partial charge in [-0.25, -0.2) is 9.07 Å². The van der Waals surface area contributed by atoms with Gasteiger partial charge in [0.1, 0.15) is 17.7 Å². The third kappa shape index (κ3) is 6.21. The van der Waals surface area contributed by atoms with Crippen molar-refractivity contribution in [2.24, 2.45) is 0 Å². The Hall–Kier alpha value is -5.26. The summed E-state index contributed by atoms with van der Waals surface area (Å²) < 4.78 is 55.9. The quantitative estimate of drug-likeness (QED) is 0.201. The number of rotatable bonds is 8. The molecule has 2 N–H and O–H groups in total. The number of aromatic nitrogens is 2. The largest absolute Gasteiger partial charge is 0.416 e. The number of nitrogens with zero attached hydrogens (tertiary/aromatic N) is 3. The summed E-state index contributed by atoms with van der Waals surface area (Å²) in [6.07, 6.45) is -4.68. The lowest BCUT2D eigenvalue weighted by Gasteiger charge is -2.38. The van der Waals surface area contributed by atoms with Crippen LogP contribution >= 0.6 is 0 Å². The fourth-order valence-electron chi connectivity index (χ4n) is 5.36. The van der Waals surface area contributed by atoms with Gasteiger partial charge in [0.15, 0.2) is 0 Å². The standard InChI is InChI=1S/C33H29F4N5O3/c1-4-41-31-27(25(18-38-29(43)19(2)3)40-42(31)24-11-6-5-7-12-24)26(20-13-15-23(34)16-14-20)28(32(41)45)39-30(44)21-9-8-10-22(17-21)33(35,36)37/h5-17,26,28H,2,4,18H2,1,3H3,(H,38,43)(H,39,44)/t26-,28-/m0/s1. The number of carbonyl (C=O) groups excluding carboxylic acids is 3. The van der Waals surface area contributed by atoms with Crippen LogP contribution in [-0.2, 0) is 22.3 Å². The van der Waals surface area contributed by atoms with Gasteiger partial charge in [-0.1, -0.05) is 43.0 Å². The summed E-state index contributed by atoms with van der Waals surface area (Å²) >= 11 is 0. The summed E-state index contributed by atoms with van der Waals surface area (Å²) in [5.41, 5.74) is 0.844. The molecule has 0 spiro atoms. The first kappa shape index (κ1) is 31.2. The highest BCUT2D eigenvalue weighted by Crippen LogP contribution is 2.43. The summed E-state index contributed by atoms with van der Waals surface area (Å²) in [4.78, 5) is 41.7. The number of benzene rings is 3. The molecular weight excluding hydrogens is 590 g/mol. The number of hydrogen-bond donors (Lipinski definition) is 2. The second-order valence-electron chi connectivity index (χ2n) is 10.5. The fourth-order valence-corrected chi connectivity index (χ4v) is 5.36. The fraction of sp³-hybridized carbons (Fsp3) is 0.212. The van der Waals surface area contributed by atoms with Gasteiger partial charge in [0.25, 0.3) is 11.8 Å². The van der Waals surface area contributed by atoms with E-state index in [0.717, 1.165) is 12.1 Å². The van der Waals surface area contributed by atoms with Crippen LogP contribution in [0.3, 0.4) is 0 Å². The van der Waals surface area contributed by atoms with E-state index < -0.39 is 47.2 Å². The van der Waals surface area contributed by atoms with Gasteiger partial charge in [-0.3, -0.25) is 19.3 Å². The summed E-state index contributed by atoms with van der Waals surface area (Å²) in [6.45, 7) is 7.01. The van der Waals surface area contributed by atoms with Gasteiger partial charge in [0.05, 0.1) is 23.5 Å². The van der Waals surface area contributed by atoms with E-state index >= 15 is 0 Å². The monoisotopic (exact) mass is 619 g/mol. The molecule has 3 aromatic carbocycles. The van der Waals surface area contributed by atoms with E-state index in [1.807, 2.05) is 6.07 Å². The van der Waals surface area contributed by atoms with Crippen LogP contribution in [-0.4, -0.2) is 40.1 Å². The normalized spacial score (nSPS) is 16.2. The molecule has 0 aliphatic carbocycles. The molecule has 0 bridgehead atoms. The third-order valence-corrected chi connectivity index (χ3v) is 7.49. The predicted molar refractivity (Wildman–Crippen MR) is 159 cm³/mol. The van der Waals surface area contributed by atoms with Crippen molar-refractivity contribution in [1.82, 2.24) is 20.4 Å². The molecule has 2 heterocycles. The van der Waals surface area contributed by atoms with E-state index in [0.29, 0.717) is 34.4 Å². The maximum Gasteiger partial charge on any atom is 0.416 e. The van der Waals surface area contributed by atoms with Crippen LogP contribution in [0.25, 0.3) is 5.69 Å². The molecule has 8 nitrogen and oxygen atoms in total. The van der Waals surface area contributed by atoms with Crippen molar-refractivity contribution in [3.63, 3.8) is 0 Å². The zero-order chi connectivity index (χ0) is 32.5. The molecule has 5 rings (SSSR count). The lowest BCUT2D eigenvalue weighted by Crippen LogP contribution is -2.55. The van der Waals surface area contributed by atoms with Crippen LogP contribution in [0.5, 0.6) is 0 Å². The summed E-state index contributed by atoms with van der Waals surface area (Å²) in [5, 5.41) is 10.2. The molecule has 3 amide bonds. The van der Waals surface area contributed by atoms with Gasteiger partial charge in [0, 0.05) is 29.2 Å². The van der Waals surface area contributed by atoms with Crippen molar-refractivity contribution < 1.29 is 31.9 Å². The molecule has 12 heteroatoms. The number of carbonyl (C=O) groups is 3. The molecule has 1 aliphatic rings. The lowest BCUT2D eigenvalue weighted by molar-refractivity contribution is -0.137. The highest BCUT2D eigenvalue weighted by atomic mass is 19.4. The van der Waals surface area contributed by atoms with Crippen LogP contribution in [0.4, 0.5) is 23.4 Å². The Morgan fingerprint density at radius 1 is 1.00 bits per heavy atom. The van der Waals surface area contributed by atoms with Crippen LogP contribution in [0.15, 0.2) is 91.0 Å². The number of hydrogen-bond acceptors (Lipinski definition) is 4. The van der Waals surface area contributed by atoms with E-state index in [1.165, 1.54) is 35.2 Å². The third-order valence-electron chi connectivity index (χ3n) is 7.49. The Balaban J connectivity index is 1.70. The molecule has 0 radical (unpaired) electrons. The van der Waals surface area contributed by atoms with Crippen LogP contribution < -0.4 is 15.5 Å². The average molecular weight is 620 g/mol. The second kappa shape index (κ2) is 12.4. The Morgan fingerprint density at radius 3 is 2.31 bits per heavy atom. The summed E-state index contributed by atoms with van der Waals surface area (Å²) in [6, 6.07) is 16.9. The molecule has 2 atom stereocenters. The van der Waals surface area contributed by atoms with Crippen LogP contribution in [0.2, 0.25) is 0 Å². The number of halogens is 4. The first-order chi connectivity index (χ1) is 21.4. The van der Waals surface area contributed by atoms with Crippen LogP contribution in [0.1, 0.15) is 52.5 Å². The van der Waals surface area contributed by atoms with Gasteiger partial charge in [0.2, 0.25) is 5.91 Å². The minimum atomic E-state index is -4.68. The maximum atomic E-state index is 14.2. The van der Waals surface area contributed by atoms with Gasteiger partial charge in [-0.05, 0) is 61.9 Å². The topological polar surface area (TPSA) is 96.3 Å². The molecule has 45 heavy (non-hydrogen) atoms. The van der Waals surface area contributed by atoms with Crippen molar-refractivity contribution >= 4 is 23.5 Å². The molecule has 1 aromatic heterocycles. The van der Waals surface area contributed by atoms with E-state index in [1.54, 1.807) is 42.8 Å². The van der Waals surface area contributed by atoms with Crippen molar-refractivity contribution in [2.75, 3.05) is 11.4 Å². The Kier molecular flexibility index (Phi) is 8.58. The summed E-state index contributed by atoms with van der Waals surface area (Å²) in [7, 11) is 0. The van der Waals surface area contributed by atoms with Gasteiger partial charge < -0.3 is 10.6 Å². The smallest absolute Gasteiger partial charge is 0.347 e. The number of alkyl halides is 3. The highest BCUT2D eigenvalue weighted by Gasteiger charge is 2.46. The van der Waals surface area contributed by atoms with Gasteiger partial charge >= 0.3 is 6.18 Å². The number of anilines is 1. The average Bonchev–Trinajstić information content (AvgIpc) is 3.39. The second-order valence-corrected chi connectivity index (χ2v) is 10.5. The number of likely N-dealkylation sites (N-methyl/N-ethyl adjacent to an activating group) is 1. The molecule has 232 valence electrons. The van der Waals surface area contributed by atoms with E-state index in [2.05, 4.69) is 17.2 Å². The van der Waals surface area contributed by atoms with Gasteiger partial charge in [-0.15, -0.1) is 0 Å². The Labute approximate surface area is 256 Å². The SMILES string of the molecule is C=C(C)C(=O)NCc1nn(-c2ccccc2)c2c1[C@H](c1ccc(F)cc1)[C@H](NC(=O)c1cccc(C(F)(F)F)c1)C(=O)N2CC. The van der Waals surface area contributed by atoms with Crippen molar-refractivity contribution in [1.29, 1.82) is 0 Å². The van der Waals surface area contributed by atoms with Gasteiger partial charge in [-0.2, -0.15) is 18.3 Å². The molecule has 0 fully saturated rings. The number of amides is 3. The molecular formula is C33H29F4N5O3. The molecule has 0 unspecified atom stereocenters. The number of para-hydroxylation sites is 1. The van der Waals surface area contributed by atoms with E-state index in [4.69, 9.17) is 5.10 Å². The zero-order valence-corrected chi connectivity index (χ0v) is 24.4. The van der Waals surface area contributed by atoms with Crippen molar-refractivity contribution in [2.45, 2.75) is 38.5 Å². The summed E-state index contributed by atoms with van der Waals surface area (Å²) in [5.74, 6) is -2.99. The maximum absolute atomic E-state index is 14.2. The minimum Gasteiger partial charge on any atom is -0.347 e. The molecule has 1 aliphatic heterocycles. The minimum absolute atomic E-state index is 0.0778. The van der Waals surface area contributed by atoms with Crippen molar-refractivity contribution in [3.8, 4) is 5.69 Å².